The van der Waals surface area contributed by atoms with E-state index in [1.165, 1.54) is 0 Å². The van der Waals surface area contributed by atoms with Crippen molar-refractivity contribution in [1.29, 1.82) is 0 Å². The highest BCUT2D eigenvalue weighted by Crippen LogP contribution is 2.32. The van der Waals surface area contributed by atoms with Gasteiger partial charge in [0, 0.05) is 25.5 Å². The van der Waals surface area contributed by atoms with E-state index in [2.05, 4.69) is 10.4 Å². The molecule has 8 nitrogen and oxygen atoms in total. The number of hydrogen-bond donors (Lipinski definition) is 1. The number of imide groups is 1. The van der Waals surface area contributed by atoms with E-state index >= 15 is 0 Å². The third-order valence-corrected chi connectivity index (χ3v) is 5.73. The summed E-state index contributed by atoms with van der Waals surface area (Å²) in [5.41, 5.74) is 3.97. The molecule has 0 spiro atoms. The SMILES string of the molecule is Cc1nn(C)c2nc(-c3ccccc3)cc(C(=O)Nc3ccccc3N3C(=O)CCC3=O)c12. The maximum Gasteiger partial charge on any atom is 0.256 e. The molecule has 4 aromatic rings. The van der Waals surface area contributed by atoms with Crippen molar-refractivity contribution in [3.63, 3.8) is 0 Å². The van der Waals surface area contributed by atoms with E-state index in [0.29, 0.717) is 39.4 Å². The number of carbonyl (C=O) groups is 3. The zero-order valence-corrected chi connectivity index (χ0v) is 18.2. The van der Waals surface area contributed by atoms with E-state index in [9.17, 15) is 14.4 Å². The van der Waals surface area contributed by atoms with E-state index < -0.39 is 0 Å². The van der Waals surface area contributed by atoms with Crippen LogP contribution in [-0.2, 0) is 16.6 Å². The van der Waals surface area contributed by atoms with Crippen molar-refractivity contribution >= 4 is 40.1 Å². The fourth-order valence-corrected chi connectivity index (χ4v) is 4.19. The Morgan fingerprint density at radius 3 is 2.36 bits per heavy atom. The van der Waals surface area contributed by atoms with Crippen LogP contribution < -0.4 is 10.2 Å². The first-order chi connectivity index (χ1) is 15.9. The Kier molecular flexibility index (Phi) is 4.97. The summed E-state index contributed by atoms with van der Waals surface area (Å²) in [5, 5.41) is 8.01. The maximum atomic E-state index is 13.5. The number of anilines is 2. The second kappa shape index (κ2) is 7.98. The third-order valence-electron chi connectivity index (χ3n) is 5.73. The fraction of sp³-hybridized carbons (Fsp3) is 0.160. The molecule has 5 rings (SSSR count). The molecule has 1 aliphatic rings. The molecule has 0 atom stereocenters. The molecule has 0 aliphatic carbocycles. The van der Waals surface area contributed by atoms with Crippen LogP contribution in [0.2, 0.25) is 0 Å². The van der Waals surface area contributed by atoms with Gasteiger partial charge >= 0.3 is 0 Å². The molecule has 3 heterocycles. The Morgan fingerprint density at radius 1 is 0.970 bits per heavy atom. The first-order valence-electron chi connectivity index (χ1n) is 10.6. The van der Waals surface area contributed by atoms with Gasteiger partial charge in [-0.2, -0.15) is 5.10 Å². The Balaban J connectivity index is 1.60. The molecule has 0 radical (unpaired) electrons. The van der Waals surface area contributed by atoms with Crippen molar-refractivity contribution < 1.29 is 14.4 Å². The van der Waals surface area contributed by atoms with Crippen LogP contribution >= 0.6 is 0 Å². The normalized spacial score (nSPS) is 13.7. The number of aryl methyl sites for hydroxylation is 2. The molecular weight excluding hydrogens is 418 g/mol. The van der Waals surface area contributed by atoms with Gasteiger partial charge in [0.2, 0.25) is 11.8 Å². The highest BCUT2D eigenvalue weighted by Gasteiger charge is 2.32. The summed E-state index contributed by atoms with van der Waals surface area (Å²) in [6.45, 7) is 1.83. The number of pyridine rings is 1. The molecular formula is C25H21N5O3. The number of amides is 3. The van der Waals surface area contributed by atoms with Gasteiger partial charge in [0.25, 0.3) is 5.91 Å². The number of nitrogens with zero attached hydrogens (tertiary/aromatic N) is 4. The second-order valence-electron chi connectivity index (χ2n) is 7.92. The topological polar surface area (TPSA) is 97.2 Å². The van der Waals surface area contributed by atoms with Crippen LogP contribution in [0.3, 0.4) is 0 Å². The third kappa shape index (κ3) is 3.55. The van der Waals surface area contributed by atoms with Crippen LogP contribution in [0.4, 0.5) is 11.4 Å². The summed E-state index contributed by atoms with van der Waals surface area (Å²) in [7, 11) is 1.79. The summed E-state index contributed by atoms with van der Waals surface area (Å²) < 4.78 is 1.66. The zero-order chi connectivity index (χ0) is 23.1. The van der Waals surface area contributed by atoms with Crippen molar-refractivity contribution in [1.82, 2.24) is 14.8 Å². The van der Waals surface area contributed by atoms with Gasteiger partial charge in [-0.3, -0.25) is 19.1 Å². The quantitative estimate of drug-likeness (QED) is 0.487. The molecule has 3 amide bonds. The molecule has 2 aromatic heterocycles. The lowest BCUT2D eigenvalue weighted by atomic mass is 10.0. The average Bonchev–Trinajstić information content (AvgIpc) is 3.31. The smallest absolute Gasteiger partial charge is 0.256 e. The predicted octanol–water partition coefficient (Wildman–Crippen LogP) is 3.85. The minimum absolute atomic E-state index is 0.168. The minimum atomic E-state index is -0.373. The largest absolute Gasteiger partial charge is 0.320 e. The van der Waals surface area contributed by atoms with Crippen molar-refractivity contribution in [2.75, 3.05) is 10.2 Å². The monoisotopic (exact) mass is 439 g/mol. The summed E-state index contributed by atoms with van der Waals surface area (Å²) in [6.07, 6.45) is 0.336. The summed E-state index contributed by atoms with van der Waals surface area (Å²) in [4.78, 5) is 44.0. The molecule has 1 aliphatic heterocycles. The molecule has 0 saturated carbocycles. The van der Waals surface area contributed by atoms with Crippen molar-refractivity contribution in [3.8, 4) is 11.3 Å². The zero-order valence-electron chi connectivity index (χ0n) is 18.2. The molecule has 1 saturated heterocycles. The van der Waals surface area contributed by atoms with Gasteiger partial charge in [-0.1, -0.05) is 42.5 Å². The van der Waals surface area contributed by atoms with E-state index in [1.807, 2.05) is 37.3 Å². The van der Waals surface area contributed by atoms with Crippen LogP contribution in [0.1, 0.15) is 28.9 Å². The number of aromatic nitrogens is 3. The molecule has 2 aromatic carbocycles. The second-order valence-corrected chi connectivity index (χ2v) is 7.92. The summed E-state index contributed by atoms with van der Waals surface area (Å²) in [5.74, 6) is -0.924. The summed E-state index contributed by atoms with van der Waals surface area (Å²) >= 11 is 0. The number of carbonyl (C=O) groups excluding carboxylic acids is 3. The van der Waals surface area contributed by atoms with Crippen LogP contribution in [-0.4, -0.2) is 32.5 Å². The molecule has 164 valence electrons. The van der Waals surface area contributed by atoms with E-state index in [1.54, 1.807) is 42.1 Å². The number of fused-ring (bicyclic) bond motifs is 1. The van der Waals surface area contributed by atoms with Crippen LogP contribution in [0.5, 0.6) is 0 Å². The van der Waals surface area contributed by atoms with Gasteiger partial charge in [0.1, 0.15) is 0 Å². The fourth-order valence-electron chi connectivity index (χ4n) is 4.19. The van der Waals surface area contributed by atoms with E-state index in [4.69, 9.17) is 4.98 Å². The van der Waals surface area contributed by atoms with Gasteiger partial charge in [-0.05, 0) is 25.1 Å². The van der Waals surface area contributed by atoms with Gasteiger partial charge in [0.05, 0.1) is 33.7 Å². The highest BCUT2D eigenvalue weighted by atomic mass is 16.2. The predicted molar refractivity (Wildman–Crippen MR) is 125 cm³/mol. The van der Waals surface area contributed by atoms with Crippen molar-refractivity contribution in [2.24, 2.45) is 7.05 Å². The Morgan fingerprint density at radius 2 is 1.64 bits per heavy atom. The molecule has 33 heavy (non-hydrogen) atoms. The van der Waals surface area contributed by atoms with Gasteiger partial charge in [0.15, 0.2) is 5.65 Å². The lowest BCUT2D eigenvalue weighted by Crippen LogP contribution is -2.29. The van der Waals surface area contributed by atoms with E-state index in [-0.39, 0.29) is 30.6 Å². The molecule has 8 heteroatoms. The lowest BCUT2D eigenvalue weighted by molar-refractivity contribution is -0.121. The van der Waals surface area contributed by atoms with Gasteiger partial charge in [-0.15, -0.1) is 0 Å². The molecule has 1 N–H and O–H groups in total. The molecule has 0 unspecified atom stereocenters. The Labute approximate surface area is 189 Å². The van der Waals surface area contributed by atoms with Gasteiger partial charge < -0.3 is 5.32 Å². The van der Waals surface area contributed by atoms with Gasteiger partial charge in [-0.25, -0.2) is 9.88 Å². The van der Waals surface area contributed by atoms with Crippen molar-refractivity contribution in [3.05, 3.63) is 71.9 Å². The first kappa shape index (κ1) is 20.6. The molecule has 1 fully saturated rings. The number of rotatable bonds is 4. The van der Waals surface area contributed by atoms with E-state index in [0.717, 1.165) is 10.5 Å². The van der Waals surface area contributed by atoms with Crippen molar-refractivity contribution in [2.45, 2.75) is 19.8 Å². The van der Waals surface area contributed by atoms with Crippen LogP contribution in [0.25, 0.3) is 22.3 Å². The lowest BCUT2D eigenvalue weighted by Gasteiger charge is -2.18. The van der Waals surface area contributed by atoms with Crippen LogP contribution in [0, 0.1) is 6.92 Å². The number of hydrogen-bond acceptors (Lipinski definition) is 5. The summed E-state index contributed by atoms with van der Waals surface area (Å²) in [6, 6.07) is 18.2. The highest BCUT2D eigenvalue weighted by molar-refractivity contribution is 6.22. The molecule has 0 bridgehead atoms. The number of nitrogens with one attached hydrogen (secondary N) is 1. The maximum absolute atomic E-state index is 13.5. The standard InChI is InChI=1S/C25H21N5O3/c1-15-23-17(14-19(16-8-4-3-5-9-16)26-24(23)29(2)28-15)25(33)27-18-10-6-7-11-20(18)30-21(31)12-13-22(30)32/h3-11,14H,12-13H2,1-2H3,(H,27,33). The number of benzene rings is 2. The average molecular weight is 439 g/mol. The number of para-hydroxylation sites is 2. The minimum Gasteiger partial charge on any atom is -0.320 e. The Hall–Kier alpha value is -4.33. The van der Waals surface area contributed by atoms with Crippen LogP contribution in [0.15, 0.2) is 60.7 Å². The first-order valence-corrected chi connectivity index (χ1v) is 10.6. The Bertz CT molecular complexity index is 1410.